The number of aromatic nitrogens is 1. The molecule has 1 N–H and O–H groups in total. The number of hydrogen-bond acceptors (Lipinski definition) is 7. The highest BCUT2D eigenvalue weighted by Crippen LogP contribution is 2.40. The number of nitro groups is 1. The summed E-state index contributed by atoms with van der Waals surface area (Å²) >= 11 is 0. The zero-order chi connectivity index (χ0) is 26.4. The first-order valence-electron chi connectivity index (χ1n) is 11.9. The molecule has 1 aliphatic heterocycles. The number of hydrogen-bond donors (Lipinski definition) is 1. The number of aliphatic imine (C=N–C) groups is 1. The van der Waals surface area contributed by atoms with Crippen LogP contribution in [0.15, 0.2) is 38.6 Å². The Balaban J connectivity index is 1.56. The smallest absolute Gasteiger partial charge is 0.433 e. The third kappa shape index (κ3) is 4.50. The molecule has 0 atom stereocenters. The number of carbonyl (C=O) groups is 2. The lowest BCUT2D eigenvalue weighted by Gasteiger charge is -2.27. The summed E-state index contributed by atoms with van der Waals surface area (Å²) < 4.78 is 22.3. The number of benzene rings is 1. The highest BCUT2D eigenvalue weighted by atomic mass is 19.1. The number of halogens is 1. The number of rotatable bonds is 5. The van der Waals surface area contributed by atoms with Crippen LogP contribution in [0.2, 0.25) is 0 Å². The SMILES string of the molecule is Cc1c(N2CCCCC(=NC(=O)c3ccc([N+](=O)[O-])o3)C2)c(F)cc2c(=O)c(C(=O)O)cn(C3CC3)c12. The molecule has 12 heteroatoms. The van der Waals surface area contributed by atoms with Crippen LogP contribution in [0.1, 0.15) is 64.6 Å². The van der Waals surface area contributed by atoms with Crippen LogP contribution in [0.4, 0.5) is 16.0 Å². The van der Waals surface area contributed by atoms with Gasteiger partial charge in [0.05, 0.1) is 23.8 Å². The lowest BCUT2D eigenvalue weighted by Crippen LogP contribution is -2.31. The molecular formula is C25H23FN4O7. The molecule has 1 aliphatic carbocycles. The van der Waals surface area contributed by atoms with Gasteiger partial charge in [0.15, 0.2) is 0 Å². The van der Waals surface area contributed by atoms with Gasteiger partial charge in [0.2, 0.25) is 11.2 Å². The van der Waals surface area contributed by atoms with Gasteiger partial charge >= 0.3 is 17.8 Å². The molecule has 1 saturated carbocycles. The number of carboxylic acid groups (broad SMARTS) is 1. The Morgan fingerprint density at radius 3 is 2.68 bits per heavy atom. The van der Waals surface area contributed by atoms with Gasteiger partial charge in [-0.1, -0.05) is 0 Å². The van der Waals surface area contributed by atoms with E-state index >= 15 is 4.39 Å². The van der Waals surface area contributed by atoms with Crippen molar-refractivity contribution >= 4 is 40.1 Å². The minimum absolute atomic E-state index is 0.0175. The molecule has 0 spiro atoms. The Hall–Kier alpha value is -4.35. The number of anilines is 1. The van der Waals surface area contributed by atoms with E-state index in [0.29, 0.717) is 42.6 Å². The van der Waals surface area contributed by atoms with Crippen molar-refractivity contribution in [3.05, 3.63) is 67.4 Å². The number of fused-ring (bicyclic) bond motifs is 1. The quantitative estimate of drug-likeness (QED) is 0.395. The molecular weight excluding hydrogens is 487 g/mol. The fraction of sp³-hybridized carbons (Fsp3) is 0.360. The van der Waals surface area contributed by atoms with Crippen LogP contribution < -0.4 is 10.3 Å². The van der Waals surface area contributed by atoms with Gasteiger partial charge in [0.25, 0.3) is 0 Å². The summed E-state index contributed by atoms with van der Waals surface area (Å²) in [6.45, 7) is 2.32. The van der Waals surface area contributed by atoms with Crippen LogP contribution in [0.5, 0.6) is 0 Å². The molecule has 5 rings (SSSR count). The molecule has 0 unspecified atom stereocenters. The van der Waals surface area contributed by atoms with E-state index in [-0.39, 0.29) is 29.4 Å². The number of aryl methyl sites for hydroxylation is 1. The van der Waals surface area contributed by atoms with Crippen molar-refractivity contribution in [2.75, 3.05) is 18.0 Å². The lowest BCUT2D eigenvalue weighted by atomic mass is 10.0. The summed E-state index contributed by atoms with van der Waals surface area (Å²) in [6, 6.07) is 3.40. The summed E-state index contributed by atoms with van der Waals surface area (Å²) in [5.41, 5.74) is 0.609. The van der Waals surface area contributed by atoms with Crippen molar-refractivity contribution in [1.29, 1.82) is 0 Å². The number of pyridine rings is 1. The van der Waals surface area contributed by atoms with E-state index in [1.54, 1.807) is 16.4 Å². The van der Waals surface area contributed by atoms with Gasteiger partial charge in [-0.15, -0.1) is 0 Å². The molecule has 2 fully saturated rings. The Labute approximate surface area is 209 Å². The first kappa shape index (κ1) is 24.3. The zero-order valence-electron chi connectivity index (χ0n) is 19.9. The molecule has 1 amide bonds. The third-order valence-electron chi connectivity index (χ3n) is 6.72. The van der Waals surface area contributed by atoms with E-state index in [0.717, 1.165) is 25.0 Å². The first-order valence-corrected chi connectivity index (χ1v) is 11.9. The number of carbonyl (C=O) groups excluding carboxylic acids is 1. The van der Waals surface area contributed by atoms with Gasteiger partial charge in [-0.05, 0) is 56.7 Å². The number of nitrogens with zero attached hydrogens (tertiary/aromatic N) is 4. The second-order valence-electron chi connectivity index (χ2n) is 9.30. The first-order chi connectivity index (χ1) is 17.7. The van der Waals surface area contributed by atoms with Crippen LogP contribution in [-0.4, -0.2) is 45.3 Å². The Kier molecular flexibility index (Phi) is 6.10. The maximum absolute atomic E-state index is 15.6. The molecule has 192 valence electrons. The summed E-state index contributed by atoms with van der Waals surface area (Å²) in [5, 5.41) is 20.4. The van der Waals surface area contributed by atoms with E-state index in [2.05, 4.69) is 4.99 Å². The summed E-state index contributed by atoms with van der Waals surface area (Å²) in [7, 11) is 0. The maximum atomic E-state index is 15.6. The van der Waals surface area contributed by atoms with E-state index in [1.165, 1.54) is 12.3 Å². The van der Waals surface area contributed by atoms with Gasteiger partial charge in [-0.25, -0.2) is 14.2 Å². The molecule has 1 aromatic carbocycles. The van der Waals surface area contributed by atoms with Crippen molar-refractivity contribution < 1.29 is 28.4 Å². The molecule has 1 saturated heterocycles. The normalized spacial score (nSPS) is 17.2. The number of carboxylic acids is 1. The van der Waals surface area contributed by atoms with Crippen molar-refractivity contribution in [2.24, 2.45) is 4.99 Å². The molecule has 3 heterocycles. The molecule has 3 aromatic rings. The standard InChI is InChI=1S/C25H23FN4O7/c1-13-21-16(23(31)17(25(33)34)12-29(21)15-5-6-15)10-18(26)22(13)28-9-3-2-4-14(11-28)27-24(32)19-7-8-20(37-19)30(35)36/h7-8,10,12,15H,2-6,9,11H2,1H3,(H,33,34). The van der Waals surface area contributed by atoms with Crippen LogP contribution in [0.25, 0.3) is 10.9 Å². The highest BCUT2D eigenvalue weighted by Gasteiger charge is 2.30. The number of amides is 1. The second-order valence-corrected chi connectivity index (χ2v) is 9.30. The molecule has 2 aromatic heterocycles. The van der Waals surface area contributed by atoms with Crippen molar-refractivity contribution in [3.63, 3.8) is 0 Å². The zero-order valence-corrected chi connectivity index (χ0v) is 19.9. The Bertz CT molecular complexity index is 1550. The van der Waals surface area contributed by atoms with Gasteiger partial charge in [-0.3, -0.25) is 19.7 Å². The maximum Gasteiger partial charge on any atom is 0.433 e. The lowest BCUT2D eigenvalue weighted by molar-refractivity contribution is -0.402. The minimum Gasteiger partial charge on any atom is -0.477 e. The van der Waals surface area contributed by atoms with Crippen LogP contribution in [0, 0.1) is 22.9 Å². The van der Waals surface area contributed by atoms with Gasteiger partial charge in [0.1, 0.15) is 16.3 Å². The van der Waals surface area contributed by atoms with Crippen molar-refractivity contribution in [1.82, 2.24) is 4.57 Å². The van der Waals surface area contributed by atoms with Crippen LogP contribution in [-0.2, 0) is 0 Å². The van der Waals surface area contributed by atoms with E-state index in [1.807, 2.05) is 0 Å². The minimum atomic E-state index is -1.36. The van der Waals surface area contributed by atoms with E-state index in [4.69, 9.17) is 4.42 Å². The van der Waals surface area contributed by atoms with E-state index in [9.17, 15) is 29.6 Å². The van der Waals surface area contributed by atoms with Gasteiger partial charge < -0.3 is 19.0 Å². The average molecular weight is 510 g/mol. The number of aromatic carboxylic acids is 1. The van der Waals surface area contributed by atoms with Crippen molar-refractivity contribution in [2.45, 2.75) is 45.1 Å². The predicted octanol–water partition coefficient (Wildman–Crippen LogP) is 4.26. The van der Waals surface area contributed by atoms with Gasteiger partial charge in [-0.2, -0.15) is 0 Å². The Morgan fingerprint density at radius 1 is 1.27 bits per heavy atom. The topological polar surface area (TPSA) is 148 Å². The molecule has 2 aliphatic rings. The largest absolute Gasteiger partial charge is 0.477 e. The third-order valence-corrected chi connectivity index (χ3v) is 6.72. The second kappa shape index (κ2) is 9.26. The number of furan rings is 1. The van der Waals surface area contributed by atoms with Crippen LogP contribution >= 0.6 is 0 Å². The monoisotopic (exact) mass is 510 g/mol. The molecule has 0 bridgehead atoms. The summed E-state index contributed by atoms with van der Waals surface area (Å²) in [4.78, 5) is 53.1. The molecule has 0 radical (unpaired) electrons. The molecule has 37 heavy (non-hydrogen) atoms. The summed E-state index contributed by atoms with van der Waals surface area (Å²) in [5.74, 6) is -3.60. The predicted molar refractivity (Wildman–Crippen MR) is 131 cm³/mol. The average Bonchev–Trinajstić information content (AvgIpc) is 3.60. The van der Waals surface area contributed by atoms with E-state index < -0.39 is 39.5 Å². The fourth-order valence-electron chi connectivity index (χ4n) is 4.88. The van der Waals surface area contributed by atoms with Gasteiger partial charge in [0, 0.05) is 29.9 Å². The Morgan fingerprint density at radius 2 is 2.03 bits per heavy atom. The highest BCUT2D eigenvalue weighted by molar-refractivity contribution is 6.04. The van der Waals surface area contributed by atoms with Crippen molar-refractivity contribution in [3.8, 4) is 0 Å². The summed E-state index contributed by atoms with van der Waals surface area (Å²) in [6.07, 6.45) is 4.88. The van der Waals surface area contributed by atoms with Crippen LogP contribution in [0.3, 0.4) is 0 Å². The molecule has 11 nitrogen and oxygen atoms in total. The fourth-order valence-corrected chi connectivity index (χ4v) is 4.88.